The van der Waals surface area contributed by atoms with E-state index in [1.54, 1.807) is 6.33 Å². The third-order valence-corrected chi connectivity index (χ3v) is 3.81. The number of aromatic nitrogens is 4. The van der Waals surface area contributed by atoms with Crippen molar-refractivity contribution in [2.24, 2.45) is 0 Å². The first-order chi connectivity index (χ1) is 10.1. The Balaban J connectivity index is 1.84. The Morgan fingerprint density at radius 3 is 2.86 bits per heavy atom. The number of anilines is 1. The first-order valence-corrected chi connectivity index (χ1v) is 7.23. The number of aryl methyl sites for hydroxylation is 2. The molecule has 1 saturated heterocycles. The third kappa shape index (κ3) is 3.09. The second-order valence-corrected chi connectivity index (χ2v) is 5.57. The molecule has 0 aromatic carbocycles. The molecule has 0 amide bonds. The van der Waals surface area contributed by atoms with Gasteiger partial charge in [0.1, 0.15) is 18.0 Å². The number of H-pyrrole nitrogens is 1. The van der Waals surface area contributed by atoms with Crippen LogP contribution in [0.5, 0.6) is 0 Å². The molecule has 3 rings (SSSR count). The van der Waals surface area contributed by atoms with Crippen LogP contribution in [0.25, 0.3) is 0 Å². The zero-order valence-corrected chi connectivity index (χ0v) is 12.3. The first-order valence-electron chi connectivity index (χ1n) is 7.23. The summed E-state index contributed by atoms with van der Waals surface area (Å²) in [5, 5.41) is 0. The van der Waals surface area contributed by atoms with E-state index in [0.717, 1.165) is 49.0 Å². The Hall–Kier alpha value is -2.24. The molecule has 0 bridgehead atoms. The number of hydrogen-bond acceptors (Lipinski definition) is 5. The lowest BCUT2D eigenvalue weighted by molar-refractivity contribution is 0.486. The minimum Gasteiger partial charge on any atom is -0.356 e. The average molecular weight is 285 g/mol. The number of rotatable bonds is 2. The van der Waals surface area contributed by atoms with Crippen molar-refractivity contribution >= 4 is 5.82 Å². The van der Waals surface area contributed by atoms with Gasteiger partial charge < -0.3 is 9.88 Å². The Morgan fingerprint density at radius 2 is 2.10 bits per heavy atom. The zero-order chi connectivity index (χ0) is 14.8. The van der Waals surface area contributed by atoms with Gasteiger partial charge in [0.15, 0.2) is 0 Å². The summed E-state index contributed by atoms with van der Waals surface area (Å²) in [4.78, 5) is 29.7. The Morgan fingerprint density at radius 1 is 1.24 bits per heavy atom. The number of piperidine rings is 1. The molecule has 1 fully saturated rings. The molecule has 0 unspecified atom stereocenters. The molecule has 1 aliphatic heterocycles. The van der Waals surface area contributed by atoms with E-state index >= 15 is 0 Å². The highest BCUT2D eigenvalue weighted by atomic mass is 16.1. The molecule has 1 aliphatic rings. The van der Waals surface area contributed by atoms with Crippen LogP contribution in [0.1, 0.15) is 36.0 Å². The van der Waals surface area contributed by atoms with Crippen molar-refractivity contribution in [3.05, 3.63) is 46.0 Å². The quantitative estimate of drug-likeness (QED) is 0.906. The van der Waals surface area contributed by atoms with Gasteiger partial charge in [0.05, 0.1) is 0 Å². The fourth-order valence-electron chi connectivity index (χ4n) is 2.82. The van der Waals surface area contributed by atoms with Gasteiger partial charge in [-0.15, -0.1) is 0 Å². The lowest BCUT2D eigenvalue weighted by Crippen LogP contribution is -2.36. The minimum absolute atomic E-state index is 0.0764. The van der Waals surface area contributed by atoms with E-state index in [4.69, 9.17) is 0 Å². The molecule has 110 valence electrons. The highest BCUT2D eigenvalue weighted by Crippen LogP contribution is 2.26. The molecule has 2 aromatic heterocycles. The second kappa shape index (κ2) is 5.63. The van der Waals surface area contributed by atoms with E-state index in [9.17, 15) is 4.79 Å². The number of nitrogens with zero attached hydrogens (tertiary/aromatic N) is 4. The maximum atomic E-state index is 11.6. The number of aromatic amines is 1. The van der Waals surface area contributed by atoms with Crippen molar-refractivity contribution in [1.82, 2.24) is 19.9 Å². The summed E-state index contributed by atoms with van der Waals surface area (Å²) in [6.07, 6.45) is 3.69. The Labute approximate surface area is 123 Å². The average Bonchev–Trinajstić information content (AvgIpc) is 2.46. The van der Waals surface area contributed by atoms with Crippen LogP contribution in [0.2, 0.25) is 0 Å². The van der Waals surface area contributed by atoms with Crippen LogP contribution in [0.3, 0.4) is 0 Å². The Bertz CT molecular complexity index is 696. The van der Waals surface area contributed by atoms with Gasteiger partial charge in [-0.1, -0.05) is 0 Å². The SMILES string of the molecule is Cc1cc(N2CCC[C@@H](c3nc(C)cc(=O)[nH]3)C2)ncn1. The van der Waals surface area contributed by atoms with Gasteiger partial charge >= 0.3 is 0 Å². The van der Waals surface area contributed by atoms with Crippen LogP contribution in [0, 0.1) is 13.8 Å². The molecular weight excluding hydrogens is 266 g/mol. The van der Waals surface area contributed by atoms with E-state index in [1.165, 1.54) is 6.07 Å². The predicted octanol–water partition coefficient (Wildman–Crippen LogP) is 1.56. The lowest BCUT2D eigenvalue weighted by atomic mass is 9.97. The van der Waals surface area contributed by atoms with Crippen LogP contribution in [-0.4, -0.2) is 33.0 Å². The molecule has 21 heavy (non-hydrogen) atoms. The van der Waals surface area contributed by atoms with Gasteiger partial charge in [-0.25, -0.2) is 15.0 Å². The van der Waals surface area contributed by atoms with Crippen LogP contribution < -0.4 is 10.5 Å². The Kier molecular flexibility index (Phi) is 3.68. The number of hydrogen-bond donors (Lipinski definition) is 1. The molecule has 1 N–H and O–H groups in total. The summed E-state index contributed by atoms with van der Waals surface area (Å²) >= 11 is 0. The van der Waals surface area contributed by atoms with Crippen molar-refractivity contribution in [3.63, 3.8) is 0 Å². The highest BCUT2D eigenvalue weighted by molar-refractivity contribution is 5.39. The summed E-state index contributed by atoms with van der Waals surface area (Å²) in [6, 6.07) is 3.52. The summed E-state index contributed by atoms with van der Waals surface area (Å²) < 4.78 is 0. The molecule has 0 aliphatic carbocycles. The molecule has 0 saturated carbocycles. The van der Waals surface area contributed by atoms with Crippen LogP contribution in [0.15, 0.2) is 23.3 Å². The zero-order valence-electron chi connectivity index (χ0n) is 12.3. The minimum atomic E-state index is -0.0764. The van der Waals surface area contributed by atoms with Crippen molar-refractivity contribution in [2.45, 2.75) is 32.6 Å². The lowest BCUT2D eigenvalue weighted by Gasteiger charge is -2.33. The smallest absolute Gasteiger partial charge is 0.251 e. The molecule has 1 atom stereocenters. The fourth-order valence-corrected chi connectivity index (χ4v) is 2.82. The fraction of sp³-hybridized carbons (Fsp3) is 0.467. The molecule has 0 radical (unpaired) electrons. The molecule has 6 heteroatoms. The van der Waals surface area contributed by atoms with Crippen molar-refractivity contribution in [3.8, 4) is 0 Å². The second-order valence-electron chi connectivity index (χ2n) is 5.57. The van der Waals surface area contributed by atoms with Crippen LogP contribution in [0.4, 0.5) is 5.82 Å². The van der Waals surface area contributed by atoms with Gasteiger partial charge in [0.25, 0.3) is 5.56 Å². The summed E-state index contributed by atoms with van der Waals surface area (Å²) in [6.45, 7) is 5.62. The standard InChI is InChI=1S/C15H19N5O/c1-10-6-13(17-9-16-10)20-5-3-4-12(8-20)15-18-11(2)7-14(21)19-15/h6-7,9,12H,3-5,8H2,1-2H3,(H,18,19,21)/t12-/m1/s1. The van der Waals surface area contributed by atoms with Gasteiger partial charge in [-0.3, -0.25) is 4.79 Å². The number of nitrogens with one attached hydrogen (secondary N) is 1. The summed E-state index contributed by atoms with van der Waals surface area (Å²) in [5.74, 6) is 1.97. The van der Waals surface area contributed by atoms with E-state index in [2.05, 4.69) is 24.8 Å². The van der Waals surface area contributed by atoms with Gasteiger partial charge in [0.2, 0.25) is 0 Å². The first kappa shape index (κ1) is 13.7. The molecule has 0 spiro atoms. The predicted molar refractivity (Wildman–Crippen MR) is 80.6 cm³/mol. The van der Waals surface area contributed by atoms with Gasteiger partial charge in [-0.2, -0.15) is 0 Å². The molecule has 2 aromatic rings. The van der Waals surface area contributed by atoms with Crippen molar-refractivity contribution < 1.29 is 0 Å². The molecular formula is C15H19N5O. The summed E-state index contributed by atoms with van der Waals surface area (Å²) in [7, 11) is 0. The van der Waals surface area contributed by atoms with Gasteiger partial charge in [0, 0.05) is 42.5 Å². The topological polar surface area (TPSA) is 74.8 Å². The molecule has 6 nitrogen and oxygen atoms in total. The largest absolute Gasteiger partial charge is 0.356 e. The summed E-state index contributed by atoms with van der Waals surface area (Å²) in [5.41, 5.74) is 1.65. The van der Waals surface area contributed by atoms with E-state index < -0.39 is 0 Å². The van der Waals surface area contributed by atoms with Crippen LogP contribution in [-0.2, 0) is 0 Å². The van der Waals surface area contributed by atoms with E-state index in [1.807, 2.05) is 19.9 Å². The van der Waals surface area contributed by atoms with Crippen LogP contribution >= 0.6 is 0 Å². The molecule has 3 heterocycles. The van der Waals surface area contributed by atoms with Gasteiger partial charge in [-0.05, 0) is 26.7 Å². The van der Waals surface area contributed by atoms with E-state index in [-0.39, 0.29) is 11.5 Å². The van der Waals surface area contributed by atoms with Crippen molar-refractivity contribution in [2.75, 3.05) is 18.0 Å². The third-order valence-electron chi connectivity index (χ3n) is 3.81. The highest BCUT2D eigenvalue weighted by Gasteiger charge is 2.24. The van der Waals surface area contributed by atoms with E-state index in [0.29, 0.717) is 0 Å². The van der Waals surface area contributed by atoms with Crippen molar-refractivity contribution in [1.29, 1.82) is 0 Å². The maximum absolute atomic E-state index is 11.6. The monoisotopic (exact) mass is 285 g/mol. The normalized spacial score (nSPS) is 18.8. The maximum Gasteiger partial charge on any atom is 0.251 e.